The fourth-order valence-corrected chi connectivity index (χ4v) is 5.50. The molecule has 4 atom stereocenters. The molecule has 2 aliphatic heterocycles. The molecule has 1 fully saturated rings. The van der Waals surface area contributed by atoms with Crippen molar-refractivity contribution >= 4 is 35.1 Å². The van der Waals surface area contributed by atoms with Crippen LogP contribution in [0.1, 0.15) is 45.4 Å². The van der Waals surface area contributed by atoms with Crippen molar-refractivity contribution in [2.75, 3.05) is 6.54 Å². The maximum absolute atomic E-state index is 13.4. The average molecular weight is 514 g/mol. The van der Waals surface area contributed by atoms with Gasteiger partial charge >= 0.3 is 6.09 Å². The van der Waals surface area contributed by atoms with Crippen LogP contribution in [0, 0.1) is 12.3 Å². The van der Waals surface area contributed by atoms with E-state index in [1.807, 2.05) is 31.2 Å². The minimum Gasteiger partial charge on any atom is -0.465 e. The molecule has 2 unspecified atom stereocenters. The van der Waals surface area contributed by atoms with E-state index in [0.29, 0.717) is 5.56 Å². The SMILES string of the molecule is Cc1ncsc1-c1ccc([C@]2(C)N=C(C3C[C@@H](O)CN3C(=O)C(NC(=O)O)C(C)(C)C)NC2=O)cc1. The van der Waals surface area contributed by atoms with Crippen molar-refractivity contribution in [2.45, 2.75) is 64.8 Å². The molecule has 4 N–H and O–H groups in total. The number of hydrogen-bond donors (Lipinski definition) is 4. The first kappa shape index (κ1) is 25.8. The smallest absolute Gasteiger partial charge is 0.405 e. The standard InChI is InChI=1S/C25H31N5O5S/c1-13-18(36-12-26-13)14-6-8-15(9-7-14)25(5)22(33)28-20(29-25)17-10-16(31)11-30(17)21(32)19(24(2,3)4)27-23(34)35/h6-9,12,16-17,19,27,31H,10-11H2,1-5H3,(H,34,35)(H,28,29,33)/t16-,17?,19?,25+/m1/s1. The molecular formula is C25H31N5O5S. The first-order valence-corrected chi connectivity index (χ1v) is 12.6. The van der Waals surface area contributed by atoms with E-state index >= 15 is 0 Å². The van der Waals surface area contributed by atoms with Crippen LogP contribution in [-0.2, 0) is 15.1 Å². The summed E-state index contributed by atoms with van der Waals surface area (Å²) in [6.07, 6.45) is -1.94. The number of carboxylic acid groups (broad SMARTS) is 1. The van der Waals surface area contributed by atoms with Crippen molar-refractivity contribution in [3.05, 3.63) is 41.0 Å². The highest BCUT2D eigenvalue weighted by molar-refractivity contribution is 7.13. The molecule has 3 heterocycles. The fraction of sp³-hybridized carbons (Fsp3) is 0.480. The van der Waals surface area contributed by atoms with Crippen LogP contribution in [0.4, 0.5) is 4.79 Å². The summed E-state index contributed by atoms with van der Waals surface area (Å²) in [5.74, 6) is -0.511. The Morgan fingerprint density at radius 3 is 2.50 bits per heavy atom. The molecule has 1 aromatic carbocycles. The first-order valence-electron chi connectivity index (χ1n) is 11.7. The lowest BCUT2D eigenvalue weighted by atomic mass is 9.85. The van der Waals surface area contributed by atoms with Gasteiger partial charge in [-0.05, 0) is 30.4 Å². The number of aliphatic imine (C=N–C) groups is 1. The second kappa shape index (κ2) is 9.29. The topological polar surface area (TPSA) is 144 Å². The number of thiazole rings is 1. The maximum Gasteiger partial charge on any atom is 0.405 e. The Hall–Kier alpha value is -3.31. The molecule has 11 heteroatoms. The quantitative estimate of drug-likeness (QED) is 0.484. The number of carbonyl (C=O) groups excluding carboxylic acids is 2. The van der Waals surface area contributed by atoms with Gasteiger partial charge in [0, 0.05) is 13.0 Å². The van der Waals surface area contributed by atoms with Crippen LogP contribution in [0.25, 0.3) is 10.4 Å². The number of aliphatic hydroxyl groups is 1. The molecular weight excluding hydrogens is 482 g/mol. The summed E-state index contributed by atoms with van der Waals surface area (Å²) in [5, 5.41) is 24.8. The molecule has 10 nitrogen and oxygen atoms in total. The number of nitrogens with zero attached hydrogens (tertiary/aromatic N) is 3. The molecule has 4 rings (SSSR count). The second-order valence-electron chi connectivity index (χ2n) is 10.5. The minimum atomic E-state index is -1.31. The number of nitrogens with one attached hydrogen (secondary N) is 2. The third-order valence-corrected chi connectivity index (χ3v) is 7.72. The highest BCUT2D eigenvalue weighted by atomic mass is 32.1. The highest BCUT2D eigenvalue weighted by Crippen LogP contribution is 2.35. The van der Waals surface area contributed by atoms with Crippen LogP contribution in [0.2, 0.25) is 0 Å². The zero-order valence-corrected chi connectivity index (χ0v) is 21.7. The maximum atomic E-state index is 13.4. The van der Waals surface area contributed by atoms with Crippen LogP contribution >= 0.6 is 11.3 Å². The van der Waals surface area contributed by atoms with Crippen LogP contribution in [0.15, 0.2) is 34.8 Å². The number of likely N-dealkylation sites (tertiary alicyclic amines) is 1. The first-order chi connectivity index (χ1) is 16.8. The molecule has 0 aliphatic carbocycles. The van der Waals surface area contributed by atoms with E-state index in [1.165, 1.54) is 4.90 Å². The van der Waals surface area contributed by atoms with E-state index in [-0.39, 0.29) is 24.7 Å². The number of carbonyl (C=O) groups is 3. The Bertz CT molecular complexity index is 1220. The predicted octanol–water partition coefficient (Wildman–Crippen LogP) is 2.51. The van der Waals surface area contributed by atoms with Crippen molar-refractivity contribution in [3.63, 3.8) is 0 Å². The Morgan fingerprint density at radius 2 is 1.94 bits per heavy atom. The van der Waals surface area contributed by atoms with Crippen molar-refractivity contribution in [1.82, 2.24) is 20.5 Å². The average Bonchev–Trinajstić information content (AvgIpc) is 3.48. The summed E-state index contributed by atoms with van der Waals surface area (Å²) in [6, 6.07) is 5.87. The van der Waals surface area contributed by atoms with Crippen LogP contribution in [0.5, 0.6) is 0 Å². The second-order valence-corrected chi connectivity index (χ2v) is 11.4. The molecule has 36 heavy (non-hydrogen) atoms. The van der Waals surface area contributed by atoms with Crippen LogP contribution < -0.4 is 10.6 Å². The molecule has 0 saturated carbocycles. The lowest BCUT2D eigenvalue weighted by molar-refractivity contribution is -0.136. The monoisotopic (exact) mass is 513 g/mol. The van der Waals surface area contributed by atoms with Gasteiger partial charge in [-0.1, -0.05) is 45.0 Å². The number of aryl methyl sites for hydroxylation is 1. The number of β-amino-alcohol motifs (C(OH)–C–C–N with tert-alkyl or cyclic N) is 1. The van der Waals surface area contributed by atoms with Crippen molar-refractivity contribution in [3.8, 4) is 10.4 Å². The van der Waals surface area contributed by atoms with Gasteiger partial charge in [0.15, 0.2) is 5.54 Å². The number of aromatic nitrogens is 1. The Morgan fingerprint density at radius 1 is 1.28 bits per heavy atom. The van der Waals surface area contributed by atoms with Crippen LogP contribution in [-0.4, -0.2) is 68.6 Å². The fourth-order valence-electron chi connectivity index (χ4n) is 4.69. The third kappa shape index (κ3) is 4.72. The summed E-state index contributed by atoms with van der Waals surface area (Å²) < 4.78 is 0. The van der Waals surface area contributed by atoms with Gasteiger partial charge in [-0.25, -0.2) is 14.8 Å². The van der Waals surface area contributed by atoms with Crippen molar-refractivity contribution < 1.29 is 24.6 Å². The van der Waals surface area contributed by atoms with Gasteiger partial charge in [0.1, 0.15) is 11.9 Å². The Labute approximate surface area is 213 Å². The number of hydrogen-bond acceptors (Lipinski definition) is 7. The van der Waals surface area contributed by atoms with Gasteiger partial charge in [0.05, 0.1) is 28.2 Å². The third-order valence-electron chi connectivity index (χ3n) is 6.74. The van der Waals surface area contributed by atoms with Crippen LogP contribution in [0.3, 0.4) is 0 Å². The van der Waals surface area contributed by atoms with Gasteiger partial charge in [-0.3, -0.25) is 9.59 Å². The molecule has 0 bridgehead atoms. The van der Waals surface area contributed by atoms with Gasteiger partial charge in [0.25, 0.3) is 5.91 Å². The van der Waals surface area contributed by atoms with Crippen molar-refractivity contribution in [1.29, 1.82) is 0 Å². The number of amidine groups is 1. The van der Waals surface area contributed by atoms with Crippen molar-refractivity contribution in [2.24, 2.45) is 10.4 Å². The molecule has 1 saturated heterocycles. The molecule has 0 spiro atoms. The lowest BCUT2D eigenvalue weighted by Crippen LogP contribution is -2.57. The normalized spacial score (nSPS) is 24.9. The Balaban J connectivity index is 1.63. The number of amides is 3. The molecule has 2 aromatic rings. The van der Waals surface area contributed by atoms with E-state index in [1.54, 1.807) is 44.5 Å². The molecule has 192 valence electrons. The highest BCUT2D eigenvalue weighted by Gasteiger charge is 2.48. The van der Waals surface area contributed by atoms with Gasteiger partial charge in [-0.2, -0.15) is 0 Å². The molecule has 1 aromatic heterocycles. The van der Waals surface area contributed by atoms with E-state index in [0.717, 1.165) is 16.1 Å². The molecule has 0 radical (unpaired) electrons. The van der Waals surface area contributed by atoms with E-state index in [4.69, 9.17) is 4.99 Å². The number of benzene rings is 1. The largest absolute Gasteiger partial charge is 0.465 e. The summed E-state index contributed by atoms with van der Waals surface area (Å²) in [6.45, 7) is 8.96. The van der Waals surface area contributed by atoms with E-state index in [2.05, 4.69) is 15.6 Å². The predicted molar refractivity (Wildman–Crippen MR) is 136 cm³/mol. The number of aliphatic hydroxyl groups excluding tert-OH is 1. The molecule has 2 aliphatic rings. The summed E-state index contributed by atoms with van der Waals surface area (Å²) in [4.78, 5) is 49.4. The van der Waals surface area contributed by atoms with E-state index in [9.17, 15) is 24.6 Å². The number of rotatable bonds is 5. The van der Waals surface area contributed by atoms with Gasteiger partial charge in [0.2, 0.25) is 5.91 Å². The van der Waals surface area contributed by atoms with E-state index < -0.39 is 41.1 Å². The van der Waals surface area contributed by atoms with Gasteiger partial charge in [-0.15, -0.1) is 11.3 Å². The van der Waals surface area contributed by atoms with Gasteiger partial charge < -0.3 is 25.7 Å². The summed E-state index contributed by atoms with van der Waals surface area (Å²) in [5.41, 5.74) is 2.51. The zero-order chi connectivity index (χ0) is 26.4. The lowest BCUT2D eigenvalue weighted by Gasteiger charge is -2.34. The summed E-state index contributed by atoms with van der Waals surface area (Å²) in [7, 11) is 0. The molecule has 3 amide bonds. The Kier molecular flexibility index (Phi) is 6.65. The summed E-state index contributed by atoms with van der Waals surface area (Å²) >= 11 is 1.55. The minimum absolute atomic E-state index is 0.0197. The zero-order valence-electron chi connectivity index (χ0n) is 20.9.